The highest BCUT2D eigenvalue weighted by Gasteiger charge is 2.17. The minimum atomic E-state index is 0.802. The normalized spacial score (nSPS) is 13.4. The lowest BCUT2D eigenvalue weighted by atomic mass is 10.1. The molecule has 1 aromatic carbocycles. The molecule has 2 nitrogen and oxygen atoms in total. The fourth-order valence-electron chi connectivity index (χ4n) is 2.24. The summed E-state index contributed by atoms with van der Waals surface area (Å²) in [6.45, 7) is 2.52. The standard InChI is InChI=1S/C14H13Br2NOS/c15-11-5-9-3-4-18-14(9)10(6-11)7-17-8-12-1-2-13(16)19-12/h1-2,5-6,17H,3-4,7-8H2. The van der Waals surface area contributed by atoms with Crippen molar-refractivity contribution in [2.45, 2.75) is 19.5 Å². The van der Waals surface area contributed by atoms with Crippen LogP contribution in [0.25, 0.3) is 0 Å². The minimum Gasteiger partial charge on any atom is -0.493 e. The summed E-state index contributed by atoms with van der Waals surface area (Å²) in [5.74, 6) is 1.07. The number of rotatable bonds is 4. The SMILES string of the molecule is Brc1cc2c(c(CNCc3ccc(Br)s3)c1)OCC2. The van der Waals surface area contributed by atoms with Gasteiger partial charge in [0, 0.05) is 34.4 Å². The van der Waals surface area contributed by atoms with E-state index in [9.17, 15) is 0 Å². The van der Waals surface area contributed by atoms with Crippen LogP contribution in [0.3, 0.4) is 0 Å². The molecular formula is C14H13Br2NOS. The summed E-state index contributed by atoms with van der Waals surface area (Å²) in [5.41, 5.74) is 2.54. The van der Waals surface area contributed by atoms with Crippen LogP contribution in [0.15, 0.2) is 32.5 Å². The molecule has 2 aromatic rings. The number of hydrogen-bond donors (Lipinski definition) is 1. The van der Waals surface area contributed by atoms with Crippen molar-refractivity contribution >= 4 is 43.2 Å². The largest absolute Gasteiger partial charge is 0.493 e. The molecule has 1 aliphatic rings. The molecule has 0 unspecified atom stereocenters. The van der Waals surface area contributed by atoms with Gasteiger partial charge in [0.15, 0.2) is 0 Å². The molecule has 0 aliphatic carbocycles. The van der Waals surface area contributed by atoms with Crippen LogP contribution in [0.5, 0.6) is 5.75 Å². The first-order valence-electron chi connectivity index (χ1n) is 6.11. The fourth-order valence-corrected chi connectivity index (χ4v) is 4.25. The number of hydrogen-bond acceptors (Lipinski definition) is 3. The van der Waals surface area contributed by atoms with Crippen molar-refractivity contribution in [3.8, 4) is 5.75 Å². The first kappa shape index (κ1) is 13.6. The maximum absolute atomic E-state index is 5.73. The summed E-state index contributed by atoms with van der Waals surface area (Å²) >= 11 is 8.82. The molecule has 1 aromatic heterocycles. The molecule has 0 atom stereocenters. The van der Waals surface area contributed by atoms with Crippen LogP contribution >= 0.6 is 43.2 Å². The molecule has 1 N–H and O–H groups in total. The first-order chi connectivity index (χ1) is 9.22. The molecule has 0 bridgehead atoms. The van der Waals surface area contributed by atoms with E-state index in [1.54, 1.807) is 11.3 Å². The summed E-state index contributed by atoms with van der Waals surface area (Å²) in [6.07, 6.45) is 1.01. The van der Waals surface area contributed by atoms with Gasteiger partial charge in [0.05, 0.1) is 10.4 Å². The lowest BCUT2D eigenvalue weighted by molar-refractivity contribution is 0.352. The number of nitrogens with one attached hydrogen (secondary N) is 1. The van der Waals surface area contributed by atoms with Crippen LogP contribution in [0.1, 0.15) is 16.0 Å². The molecule has 0 amide bonds. The second-order valence-corrected chi connectivity index (χ2v) is 7.92. The average molecular weight is 403 g/mol. The predicted octanol–water partition coefficient (Wildman–Crippen LogP) is 4.50. The van der Waals surface area contributed by atoms with Gasteiger partial charge in [-0.25, -0.2) is 0 Å². The molecule has 2 heterocycles. The van der Waals surface area contributed by atoms with E-state index in [2.05, 4.69) is 61.4 Å². The zero-order valence-corrected chi connectivity index (χ0v) is 14.2. The highest BCUT2D eigenvalue weighted by atomic mass is 79.9. The van der Waals surface area contributed by atoms with Gasteiger partial charge in [0.25, 0.3) is 0 Å². The lowest BCUT2D eigenvalue weighted by Crippen LogP contribution is -2.12. The van der Waals surface area contributed by atoms with Gasteiger partial charge in [-0.1, -0.05) is 15.9 Å². The van der Waals surface area contributed by atoms with E-state index in [0.29, 0.717) is 0 Å². The zero-order valence-electron chi connectivity index (χ0n) is 10.2. The Labute approximate surface area is 133 Å². The van der Waals surface area contributed by atoms with Crippen molar-refractivity contribution in [3.63, 3.8) is 0 Å². The van der Waals surface area contributed by atoms with Crippen molar-refractivity contribution in [1.82, 2.24) is 5.32 Å². The number of ether oxygens (including phenoxy) is 1. The van der Waals surface area contributed by atoms with Crippen molar-refractivity contribution < 1.29 is 4.74 Å². The molecule has 100 valence electrons. The number of benzene rings is 1. The summed E-state index contributed by atoms with van der Waals surface area (Å²) in [5, 5.41) is 3.48. The van der Waals surface area contributed by atoms with Crippen molar-refractivity contribution in [2.24, 2.45) is 0 Å². The Morgan fingerprint density at radius 2 is 2.11 bits per heavy atom. The Kier molecular flexibility index (Phi) is 4.27. The third-order valence-electron chi connectivity index (χ3n) is 3.07. The highest BCUT2D eigenvalue weighted by molar-refractivity contribution is 9.11. The molecule has 0 saturated carbocycles. The van der Waals surface area contributed by atoms with E-state index < -0.39 is 0 Å². The van der Waals surface area contributed by atoms with Crippen molar-refractivity contribution in [2.75, 3.05) is 6.61 Å². The first-order valence-corrected chi connectivity index (χ1v) is 8.51. The fraction of sp³-hybridized carbons (Fsp3) is 0.286. The zero-order chi connectivity index (χ0) is 13.2. The van der Waals surface area contributed by atoms with Gasteiger partial charge in [-0.3, -0.25) is 0 Å². The number of halogens is 2. The van der Waals surface area contributed by atoms with Gasteiger partial charge >= 0.3 is 0 Å². The Hall–Kier alpha value is -0.360. The minimum absolute atomic E-state index is 0.802. The van der Waals surface area contributed by atoms with Crippen LogP contribution in [-0.4, -0.2) is 6.61 Å². The Balaban J connectivity index is 1.67. The van der Waals surface area contributed by atoms with E-state index in [4.69, 9.17) is 4.74 Å². The molecule has 1 aliphatic heterocycles. The number of fused-ring (bicyclic) bond motifs is 1. The Bertz CT molecular complexity index is 597. The van der Waals surface area contributed by atoms with Crippen molar-refractivity contribution in [3.05, 3.63) is 48.5 Å². The lowest BCUT2D eigenvalue weighted by Gasteiger charge is -2.09. The molecule has 0 radical (unpaired) electrons. The summed E-state index contributed by atoms with van der Waals surface area (Å²) in [6, 6.07) is 8.52. The third kappa shape index (κ3) is 3.21. The van der Waals surface area contributed by atoms with Gasteiger partial charge in [-0.2, -0.15) is 0 Å². The predicted molar refractivity (Wildman–Crippen MR) is 85.9 cm³/mol. The van der Waals surface area contributed by atoms with Crippen LogP contribution in [0.4, 0.5) is 0 Å². The summed E-state index contributed by atoms with van der Waals surface area (Å²) in [7, 11) is 0. The van der Waals surface area contributed by atoms with E-state index in [-0.39, 0.29) is 0 Å². The summed E-state index contributed by atoms with van der Waals surface area (Å²) in [4.78, 5) is 1.33. The van der Waals surface area contributed by atoms with E-state index in [1.165, 1.54) is 19.8 Å². The second-order valence-electron chi connectivity index (χ2n) is 4.46. The molecule has 3 rings (SSSR count). The van der Waals surface area contributed by atoms with Gasteiger partial charge in [-0.15, -0.1) is 11.3 Å². The molecule has 5 heteroatoms. The molecule has 0 spiro atoms. The molecule has 0 fully saturated rings. The second kappa shape index (κ2) is 5.95. The molecule has 19 heavy (non-hydrogen) atoms. The van der Waals surface area contributed by atoms with Crippen LogP contribution in [0, 0.1) is 0 Å². The van der Waals surface area contributed by atoms with Gasteiger partial charge in [-0.05, 0) is 45.8 Å². The maximum Gasteiger partial charge on any atom is 0.127 e. The van der Waals surface area contributed by atoms with Gasteiger partial charge in [0.1, 0.15) is 5.75 Å². The number of thiophene rings is 1. The summed E-state index contributed by atoms with van der Waals surface area (Å²) < 4.78 is 8.03. The molecule has 0 saturated heterocycles. The van der Waals surface area contributed by atoms with Crippen LogP contribution in [0.2, 0.25) is 0 Å². The average Bonchev–Trinajstić information content (AvgIpc) is 2.98. The topological polar surface area (TPSA) is 21.3 Å². The van der Waals surface area contributed by atoms with E-state index in [1.807, 2.05) is 0 Å². The Morgan fingerprint density at radius 3 is 2.89 bits per heavy atom. The smallest absolute Gasteiger partial charge is 0.127 e. The third-order valence-corrected chi connectivity index (χ3v) is 5.15. The quantitative estimate of drug-likeness (QED) is 0.812. The highest BCUT2D eigenvalue weighted by Crippen LogP contribution is 2.33. The van der Waals surface area contributed by atoms with Crippen molar-refractivity contribution in [1.29, 1.82) is 0 Å². The van der Waals surface area contributed by atoms with Crippen LogP contribution < -0.4 is 10.1 Å². The van der Waals surface area contributed by atoms with E-state index in [0.717, 1.165) is 36.3 Å². The van der Waals surface area contributed by atoms with Gasteiger partial charge < -0.3 is 10.1 Å². The van der Waals surface area contributed by atoms with E-state index >= 15 is 0 Å². The monoisotopic (exact) mass is 401 g/mol. The maximum atomic E-state index is 5.73. The molecular weight excluding hydrogens is 390 g/mol. The van der Waals surface area contributed by atoms with Crippen LogP contribution in [-0.2, 0) is 19.5 Å². The Morgan fingerprint density at radius 1 is 1.21 bits per heavy atom. The van der Waals surface area contributed by atoms with Gasteiger partial charge in [0.2, 0.25) is 0 Å².